The number of amides is 1. The van der Waals surface area contributed by atoms with Gasteiger partial charge in [-0.3, -0.25) is 9.36 Å². The van der Waals surface area contributed by atoms with Crippen LogP contribution in [0.2, 0.25) is 0 Å². The van der Waals surface area contributed by atoms with E-state index in [-0.39, 0.29) is 11.7 Å². The molecule has 0 N–H and O–H groups in total. The number of anilines is 2. The number of thioether (sulfide) groups is 1. The number of aromatic nitrogens is 3. The summed E-state index contributed by atoms with van der Waals surface area (Å²) in [6, 6.07) is 9.61. The van der Waals surface area contributed by atoms with Crippen molar-refractivity contribution in [2.24, 2.45) is 7.05 Å². The van der Waals surface area contributed by atoms with Gasteiger partial charge in [-0.05, 0) is 12.1 Å². The van der Waals surface area contributed by atoms with E-state index in [0.717, 1.165) is 29.9 Å². The Hall–Kier alpha value is -2.32. The number of hydrogen-bond acceptors (Lipinski definition) is 6. The molecule has 2 heterocycles. The molecule has 0 atom stereocenters. The number of rotatable bonds is 7. The minimum Gasteiger partial charge on any atom is -0.378 e. The average Bonchev–Trinajstić information content (AvgIpc) is 3.06. The maximum Gasteiger partial charge on any atom is 0.237 e. The summed E-state index contributed by atoms with van der Waals surface area (Å²) in [5, 5.41) is 9.25. The molecule has 0 unspecified atom stereocenters. The molecular formula is C18H23N5O2S. The van der Waals surface area contributed by atoms with Crippen molar-refractivity contribution in [3.05, 3.63) is 43.0 Å². The number of ether oxygens (including phenoxy) is 1. The summed E-state index contributed by atoms with van der Waals surface area (Å²) in [4.78, 5) is 16.6. The molecule has 26 heavy (non-hydrogen) atoms. The topological polar surface area (TPSA) is 63.5 Å². The third kappa shape index (κ3) is 4.25. The van der Waals surface area contributed by atoms with Gasteiger partial charge in [0.05, 0.1) is 19.0 Å². The van der Waals surface area contributed by atoms with E-state index >= 15 is 0 Å². The third-order valence-electron chi connectivity index (χ3n) is 4.11. The van der Waals surface area contributed by atoms with Gasteiger partial charge >= 0.3 is 0 Å². The predicted octanol–water partition coefficient (Wildman–Crippen LogP) is 1.96. The Bertz CT molecular complexity index is 743. The molecule has 0 radical (unpaired) electrons. The smallest absolute Gasteiger partial charge is 0.237 e. The van der Waals surface area contributed by atoms with Crippen molar-refractivity contribution in [1.29, 1.82) is 0 Å². The van der Waals surface area contributed by atoms with E-state index in [2.05, 4.69) is 21.7 Å². The Morgan fingerprint density at radius 3 is 2.73 bits per heavy atom. The highest BCUT2D eigenvalue weighted by atomic mass is 32.2. The van der Waals surface area contributed by atoms with Crippen molar-refractivity contribution in [3.63, 3.8) is 0 Å². The van der Waals surface area contributed by atoms with Crippen molar-refractivity contribution in [2.75, 3.05) is 48.4 Å². The summed E-state index contributed by atoms with van der Waals surface area (Å²) in [5.41, 5.74) is 0.866. The lowest BCUT2D eigenvalue weighted by Crippen LogP contribution is -2.37. The van der Waals surface area contributed by atoms with Gasteiger partial charge in [0.25, 0.3) is 0 Å². The van der Waals surface area contributed by atoms with Crippen LogP contribution in [-0.2, 0) is 16.6 Å². The average molecular weight is 373 g/mol. The first-order chi connectivity index (χ1) is 12.7. The van der Waals surface area contributed by atoms with Crippen LogP contribution in [0.3, 0.4) is 0 Å². The van der Waals surface area contributed by atoms with Gasteiger partial charge < -0.3 is 14.5 Å². The molecule has 0 spiro atoms. The zero-order chi connectivity index (χ0) is 18.4. The molecule has 1 aromatic carbocycles. The van der Waals surface area contributed by atoms with Gasteiger partial charge in [0, 0.05) is 32.4 Å². The summed E-state index contributed by atoms with van der Waals surface area (Å²) in [6.07, 6.45) is 1.73. The maximum absolute atomic E-state index is 12.7. The highest BCUT2D eigenvalue weighted by Crippen LogP contribution is 2.22. The highest BCUT2D eigenvalue weighted by molar-refractivity contribution is 7.99. The lowest BCUT2D eigenvalue weighted by molar-refractivity contribution is -0.116. The van der Waals surface area contributed by atoms with Crippen LogP contribution in [0.5, 0.6) is 0 Å². The Morgan fingerprint density at radius 1 is 1.31 bits per heavy atom. The lowest BCUT2D eigenvalue weighted by Gasteiger charge is -2.27. The van der Waals surface area contributed by atoms with E-state index in [0.29, 0.717) is 19.8 Å². The summed E-state index contributed by atoms with van der Waals surface area (Å²) >= 11 is 1.39. The summed E-state index contributed by atoms with van der Waals surface area (Å²) in [6.45, 7) is 7.22. The summed E-state index contributed by atoms with van der Waals surface area (Å²) in [7, 11) is 1.93. The Kier molecular flexibility index (Phi) is 6.30. The third-order valence-corrected chi connectivity index (χ3v) is 5.12. The van der Waals surface area contributed by atoms with Crippen LogP contribution in [0, 0.1) is 0 Å². The van der Waals surface area contributed by atoms with Crippen LogP contribution in [0.15, 0.2) is 48.1 Å². The molecule has 1 fully saturated rings. The molecule has 1 amide bonds. The van der Waals surface area contributed by atoms with Gasteiger partial charge in [0.2, 0.25) is 11.9 Å². The van der Waals surface area contributed by atoms with Gasteiger partial charge in [-0.2, -0.15) is 0 Å². The van der Waals surface area contributed by atoms with Crippen LogP contribution in [0.1, 0.15) is 0 Å². The lowest BCUT2D eigenvalue weighted by atomic mass is 10.3. The van der Waals surface area contributed by atoms with Gasteiger partial charge in [0.1, 0.15) is 0 Å². The Morgan fingerprint density at radius 2 is 2.04 bits per heavy atom. The molecule has 1 aliphatic heterocycles. The van der Waals surface area contributed by atoms with E-state index in [1.165, 1.54) is 11.8 Å². The van der Waals surface area contributed by atoms with Crippen molar-refractivity contribution in [2.45, 2.75) is 5.16 Å². The maximum atomic E-state index is 12.7. The van der Waals surface area contributed by atoms with Gasteiger partial charge in [-0.1, -0.05) is 36.0 Å². The van der Waals surface area contributed by atoms with Gasteiger partial charge in [-0.15, -0.1) is 16.8 Å². The fourth-order valence-electron chi connectivity index (χ4n) is 2.76. The molecule has 2 aromatic rings. The second kappa shape index (κ2) is 8.86. The fourth-order valence-corrected chi connectivity index (χ4v) is 3.55. The van der Waals surface area contributed by atoms with Crippen molar-refractivity contribution in [3.8, 4) is 0 Å². The monoisotopic (exact) mass is 373 g/mol. The van der Waals surface area contributed by atoms with E-state index in [1.807, 2.05) is 41.9 Å². The summed E-state index contributed by atoms with van der Waals surface area (Å²) in [5.74, 6) is 1.11. The number of hydrogen-bond donors (Lipinski definition) is 0. The zero-order valence-corrected chi connectivity index (χ0v) is 15.7. The molecule has 1 aliphatic rings. The van der Waals surface area contributed by atoms with Crippen LogP contribution >= 0.6 is 11.8 Å². The van der Waals surface area contributed by atoms with Gasteiger partial charge in [-0.25, -0.2) is 0 Å². The molecule has 1 saturated heterocycles. The van der Waals surface area contributed by atoms with E-state index < -0.39 is 0 Å². The highest BCUT2D eigenvalue weighted by Gasteiger charge is 2.20. The van der Waals surface area contributed by atoms with Crippen LogP contribution < -0.4 is 9.80 Å². The molecular weight excluding hydrogens is 350 g/mol. The first-order valence-corrected chi connectivity index (χ1v) is 9.50. The van der Waals surface area contributed by atoms with Crippen molar-refractivity contribution < 1.29 is 9.53 Å². The standard InChI is InChI=1S/C18H23N5O2S/c1-3-9-23(15-7-5-4-6-8-15)16(24)14-26-18-20-19-17(21(18)2)22-10-12-25-13-11-22/h3-8H,1,9-14H2,2H3. The van der Waals surface area contributed by atoms with Crippen LogP contribution in [0.4, 0.5) is 11.6 Å². The molecule has 7 nitrogen and oxygen atoms in total. The van der Waals surface area contributed by atoms with E-state index in [1.54, 1.807) is 11.0 Å². The quantitative estimate of drug-likeness (QED) is 0.546. The van der Waals surface area contributed by atoms with Crippen molar-refractivity contribution >= 4 is 29.3 Å². The minimum absolute atomic E-state index is 0.0111. The number of benzene rings is 1. The first kappa shape index (κ1) is 18.5. The normalized spacial score (nSPS) is 14.3. The Balaban J connectivity index is 1.65. The predicted molar refractivity (Wildman–Crippen MR) is 104 cm³/mol. The van der Waals surface area contributed by atoms with Crippen molar-refractivity contribution in [1.82, 2.24) is 14.8 Å². The van der Waals surface area contributed by atoms with Gasteiger partial charge in [0.15, 0.2) is 5.16 Å². The summed E-state index contributed by atoms with van der Waals surface area (Å²) < 4.78 is 7.31. The number of para-hydroxylation sites is 1. The first-order valence-electron chi connectivity index (χ1n) is 8.52. The molecule has 8 heteroatoms. The van der Waals surface area contributed by atoms with E-state index in [9.17, 15) is 4.79 Å². The largest absolute Gasteiger partial charge is 0.378 e. The minimum atomic E-state index is 0.0111. The second-order valence-corrected chi connectivity index (χ2v) is 6.80. The molecule has 3 rings (SSSR count). The molecule has 0 saturated carbocycles. The molecule has 0 aliphatic carbocycles. The number of morpholine rings is 1. The van der Waals surface area contributed by atoms with Crippen LogP contribution in [-0.4, -0.2) is 59.3 Å². The molecule has 0 bridgehead atoms. The molecule has 138 valence electrons. The fraction of sp³-hybridized carbons (Fsp3) is 0.389. The zero-order valence-electron chi connectivity index (χ0n) is 14.9. The number of nitrogens with zero attached hydrogens (tertiary/aromatic N) is 5. The molecule has 1 aromatic heterocycles. The number of carbonyl (C=O) groups excluding carboxylic acids is 1. The number of carbonyl (C=O) groups is 1. The van der Waals surface area contributed by atoms with E-state index in [4.69, 9.17) is 4.74 Å². The second-order valence-electron chi connectivity index (χ2n) is 5.86. The SMILES string of the molecule is C=CCN(C(=O)CSc1nnc(N2CCOCC2)n1C)c1ccccc1. The van der Waals surface area contributed by atoms with Crippen LogP contribution in [0.25, 0.3) is 0 Å². The Labute approximate surface area is 157 Å².